The molecule has 0 unspecified atom stereocenters. The van der Waals surface area contributed by atoms with Gasteiger partial charge in [-0.3, -0.25) is 10.1 Å². The Morgan fingerprint density at radius 2 is 2.00 bits per heavy atom. The lowest BCUT2D eigenvalue weighted by Crippen LogP contribution is -1.96. The molecular weight excluding hydrogens is 170 g/mol. The Hall–Kier alpha value is -2.02. The van der Waals surface area contributed by atoms with Crippen molar-refractivity contribution in [2.24, 2.45) is 0 Å². The summed E-state index contributed by atoms with van der Waals surface area (Å²) in [5.74, 6) is 5.14. The van der Waals surface area contributed by atoms with Gasteiger partial charge < -0.3 is 5.11 Å². The third-order valence-electron chi connectivity index (χ3n) is 1.31. The summed E-state index contributed by atoms with van der Waals surface area (Å²) in [6.45, 7) is -0.360. The second-order valence-corrected chi connectivity index (χ2v) is 2.34. The molecule has 1 aromatic rings. The third kappa shape index (κ3) is 3.25. The highest BCUT2D eigenvalue weighted by atomic mass is 16.6. The lowest BCUT2D eigenvalue weighted by atomic mass is 10.2. The smallest absolute Gasteiger partial charge is 0.263 e. The first-order valence-electron chi connectivity index (χ1n) is 3.58. The summed E-state index contributed by atoms with van der Waals surface area (Å²) >= 11 is 0. The topological polar surface area (TPSA) is 63.4 Å². The van der Waals surface area contributed by atoms with Gasteiger partial charge in [-0.25, -0.2) is 0 Å². The summed E-state index contributed by atoms with van der Waals surface area (Å²) < 4.78 is 0. The van der Waals surface area contributed by atoms with Gasteiger partial charge in [-0.1, -0.05) is 5.92 Å². The maximum Gasteiger partial charge on any atom is 0.263 e. The zero-order chi connectivity index (χ0) is 9.68. The molecule has 0 spiro atoms. The molecule has 0 atom stereocenters. The van der Waals surface area contributed by atoms with Gasteiger partial charge in [-0.2, -0.15) is 0 Å². The predicted molar refractivity (Wildman–Crippen MR) is 46.8 cm³/mol. The molecule has 0 aliphatic carbocycles. The van der Waals surface area contributed by atoms with E-state index in [9.17, 15) is 10.1 Å². The fourth-order valence-corrected chi connectivity index (χ4v) is 0.751. The van der Waals surface area contributed by atoms with Gasteiger partial charge in [0, 0.05) is 10.5 Å². The molecule has 1 N–H and O–H groups in total. The van der Waals surface area contributed by atoms with Crippen LogP contribution in [0.5, 0.6) is 5.75 Å². The second kappa shape index (κ2) is 4.12. The van der Waals surface area contributed by atoms with Gasteiger partial charge >= 0.3 is 0 Å². The maximum absolute atomic E-state index is 9.91. The quantitative estimate of drug-likeness (QED) is 0.395. The van der Waals surface area contributed by atoms with Crippen molar-refractivity contribution in [2.45, 2.75) is 0 Å². The van der Waals surface area contributed by atoms with E-state index in [0.717, 1.165) is 0 Å². The zero-order valence-electron chi connectivity index (χ0n) is 6.73. The molecule has 0 saturated heterocycles. The van der Waals surface area contributed by atoms with Crippen molar-refractivity contribution >= 4 is 0 Å². The largest absolute Gasteiger partial charge is 0.508 e. The van der Waals surface area contributed by atoms with Gasteiger partial charge in [0.15, 0.2) is 0 Å². The highest BCUT2D eigenvalue weighted by molar-refractivity contribution is 5.37. The lowest BCUT2D eigenvalue weighted by Gasteiger charge is -1.89. The molecule has 66 valence electrons. The molecule has 0 heterocycles. The van der Waals surface area contributed by atoms with E-state index >= 15 is 0 Å². The van der Waals surface area contributed by atoms with Crippen LogP contribution in [0.4, 0.5) is 0 Å². The highest BCUT2D eigenvalue weighted by Gasteiger charge is 1.89. The first kappa shape index (κ1) is 9.07. The molecule has 0 amide bonds. The Labute approximate surface area is 75.0 Å². The van der Waals surface area contributed by atoms with Crippen LogP contribution in [0, 0.1) is 22.0 Å². The molecule has 4 heteroatoms. The van der Waals surface area contributed by atoms with E-state index in [-0.39, 0.29) is 12.3 Å². The Bertz CT molecular complexity index is 359. The van der Waals surface area contributed by atoms with Crippen LogP contribution < -0.4 is 0 Å². The molecule has 0 aromatic heterocycles. The molecule has 4 nitrogen and oxygen atoms in total. The average Bonchev–Trinajstić information content (AvgIpc) is 2.08. The Balaban J connectivity index is 2.67. The predicted octanol–water partition coefficient (Wildman–Crippen LogP) is 1.02. The molecule has 0 aliphatic heterocycles. The van der Waals surface area contributed by atoms with E-state index in [1.54, 1.807) is 12.1 Å². The number of phenols is 1. The Morgan fingerprint density at radius 3 is 2.54 bits per heavy atom. The summed E-state index contributed by atoms with van der Waals surface area (Å²) in [6.07, 6.45) is 0. The first-order chi connectivity index (χ1) is 6.18. The van der Waals surface area contributed by atoms with Crippen molar-refractivity contribution in [1.29, 1.82) is 0 Å². The molecule has 13 heavy (non-hydrogen) atoms. The fraction of sp³-hybridized carbons (Fsp3) is 0.111. The van der Waals surface area contributed by atoms with Crippen molar-refractivity contribution in [1.82, 2.24) is 0 Å². The molecule has 0 bridgehead atoms. The summed E-state index contributed by atoms with van der Waals surface area (Å²) in [5.41, 5.74) is 0.652. The third-order valence-corrected chi connectivity index (χ3v) is 1.31. The van der Waals surface area contributed by atoms with Crippen LogP contribution in [0.2, 0.25) is 0 Å². The first-order valence-corrected chi connectivity index (χ1v) is 3.58. The minimum Gasteiger partial charge on any atom is -0.508 e. The van der Waals surface area contributed by atoms with Gasteiger partial charge in [0.25, 0.3) is 6.54 Å². The van der Waals surface area contributed by atoms with Gasteiger partial charge in [-0.05, 0) is 30.2 Å². The van der Waals surface area contributed by atoms with Crippen LogP contribution in [-0.4, -0.2) is 16.6 Å². The van der Waals surface area contributed by atoms with Crippen molar-refractivity contribution in [3.8, 4) is 17.6 Å². The number of hydrogen-bond donors (Lipinski definition) is 1. The van der Waals surface area contributed by atoms with E-state index < -0.39 is 4.92 Å². The lowest BCUT2D eigenvalue weighted by molar-refractivity contribution is -0.466. The second-order valence-electron chi connectivity index (χ2n) is 2.34. The fourth-order valence-electron chi connectivity index (χ4n) is 0.751. The molecule has 0 fully saturated rings. The Kier molecular flexibility index (Phi) is 2.87. The van der Waals surface area contributed by atoms with Crippen LogP contribution in [0.3, 0.4) is 0 Å². The van der Waals surface area contributed by atoms with Crippen molar-refractivity contribution < 1.29 is 10.0 Å². The minimum atomic E-state index is -0.493. The van der Waals surface area contributed by atoms with Gasteiger partial charge in [0.1, 0.15) is 5.75 Å². The standard InChI is InChI=1S/C9H7NO3/c11-9-5-3-8(4-6-9)2-1-7-10(12)13/h3-6,11H,7H2. The number of hydrogen-bond acceptors (Lipinski definition) is 3. The van der Waals surface area contributed by atoms with Crippen LogP contribution >= 0.6 is 0 Å². The van der Waals surface area contributed by atoms with E-state index in [0.29, 0.717) is 5.56 Å². The number of aromatic hydroxyl groups is 1. The number of benzene rings is 1. The number of nitrogens with zero attached hydrogens (tertiary/aromatic N) is 1. The summed E-state index contributed by atoms with van der Waals surface area (Å²) in [6, 6.07) is 6.16. The van der Waals surface area contributed by atoms with Crippen molar-refractivity contribution in [3.05, 3.63) is 39.9 Å². The van der Waals surface area contributed by atoms with Gasteiger partial charge in [-0.15, -0.1) is 0 Å². The monoisotopic (exact) mass is 177 g/mol. The van der Waals surface area contributed by atoms with Crippen LogP contribution in [-0.2, 0) is 0 Å². The minimum absolute atomic E-state index is 0.153. The van der Waals surface area contributed by atoms with E-state index in [1.807, 2.05) is 0 Å². The summed E-state index contributed by atoms with van der Waals surface area (Å²) in [4.78, 5) is 9.41. The Morgan fingerprint density at radius 1 is 1.38 bits per heavy atom. The average molecular weight is 177 g/mol. The van der Waals surface area contributed by atoms with Crippen LogP contribution in [0.25, 0.3) is 0 Å². The molecular formula is C9H7NO3. The molecule has 1 aromatic carbocycles. The summed E-state index contributed by atoms with van der Waals surface area (Å²) in [7, 11) is 0. The van der Waals surface area contributed by atoms with Crippen LogP contribution in [0.15, 0.2) is 24.3 Å². The van der Waals surface area contributed by atoms with Crippen LogP contribution in [0.1, 0.15) is 5.56 Å². The SMILES string of the molecule is O=[N+]([O-])CC#Cc1ccc(O)cc1. The molecule has 0 aliphatic rings. The summed E-state index contributed by atoms with van der Waals surface area (Å²) in [5, 5.41) is 18.8. The normalized spacial score (nSPS) is 8.62. The van der Waals surface area contributed by atoms with Gasteiger partial charge in [0.05, 0.1) is 0 Å². The molecule has 0 saturated carbocycles. The number of rotatable bonds is 1. The number of nitro groups is 1. The van der Waals surface area contributed by atoms with Gasteiger partial charge in [0.2, 0.25) is 0 Å². The number of phenolic OH excluding ortho intramolecular Hbond substituents is 1. The van der Waals surface area contributed by atoms with E-state index in [4.69, 9.17) is 5.11 Å². The van der Waals surface area contributed by atoms with Crippen molar-refractivity contribution in [2.75, 3.05) is 6.54 Å². The van der Waals surface area contributed by atoms with E-state index in [2.05, 4.69) is 11.8 Å². The van der Waals surface area contributed by atoms with E-state index in [1.165, 1.54) is 12.1 Å². The molecule has 1 rings (SSSR count). The zero-order valence-corrected chi connectivity index (χ0v) is 6.73. The molecule has 0 radical (unpaired) electrons. The van der Waals surface area contributed by atoms with Crippen molar-refractivity contribution in [3.63, 3.8) is 0 Å². The maximum atomic E-state index is 9.91. The highest BCUT2D eigenvalue weighted by Crippen LogP contribution is 2.07.